The number of nitrogens with one attached hydrogen (secondary N) is 1. The van der Waals surface area contributed by atoms with Crippen molar-refractivity contribution in [2.75, 3.05) is 11.0 Å². The van der Waals surface area contributed by atoms with Gasteiger partial charge in [0.05, 0.1) is 18.0 Å². The first-order valence-corrected chi connectivity index (χ1v) is 8.48. The molecule has 0 bridgehead atoms. The van der Waals surface area contributed by atoms with Crippen molar-refractivity contribution < 1.29 is 17.9 Å². The maximum atomic E-state index is 11.4. The zero-order valence-electron chi connectivity index (χ0n) is 12.3. The number of anilines is 1. The van der Waals surface area contributed by atoms with E-state index >= 15 is 0 Å². The summed E-state index contributed by atoms with van der Waals surface area (Å²) in [6.45, 7) is 5.81. The van der Waals surface area contributed by atoms with Crippen molar-refractivity contribution in [3.05, 3.63) is 18.2 Å². The minimum absolute atomic E-state index is 0.242. The van der Waals surface area contributed by atoms with E-state index in [4.69, 9.17) is 9.47 Å². The van der Waals surface area contributed by atoms with Crippen molar-refractivity contribution in [2.24, 2.45) is 0 Å². The minimum Gasteiger partial charge on any atom is -0.490 e. The van der Waals surface area contributed by atoms with Crippen LogP contribution in [-0.2, 0) is 10.0 Å². The molecule has 1 aromatic carbocycles. The highest BCUT2D eigenvalue weighted by Gasteiger charge is 2.24. The lowest BCUT2D eigenvalue weighted by Crippen LogP contribution is -2.23. The monoisotopic (exact) mass is 299 g/mol. The van der Waals surface area contributed by atoms with Gasteiger partial charge in [0.2, 0.25) is 10.0 Å². The van der Waals surface area contributed by atoms with Crippen molar-refractivity contribution in [3.63, 3.8) is 0 Å². The second-order valence-electron chi connectivity index (χ2n) is 6.10. The Bertz CT molecular complexity index is 586. The van der Waals surface area contributed by atoms with Gasteiger partial charge in [0, 0.05) is 18.2 Å². The molecule has 0 aromatic heterocycles. The van der Waals surface area contributed by atoms with Gasteiger partial charge < -0.3 is 9.47 Å². The third-order valence-electron chi connectivity index (χ3n) is 2.43. The average Bonchev–Trinajstić information content (AvgIpc) is 2.94. The molecule has 0 saturated heterocycles. The van der Waals surface area contributed by atoms with Crippen LogP contribution in [-0.4, -0.2) is 26.4 Å². The van der Waals surface area contributed by atoms with Crippen LogP contribution in [0.1, 0.15) is 33.6 Å². The fourth-order valence-electron chi connectivity index (χ4n) is 1.70. The van der Waals surface area contributed by atoms with Crippen molar-refractivity contribution in [2.45, 2.75) is 45.3 Å². The molecule has 2 rings (SSSR count). The molecule has 20 heavy (non-hydrogen) atoms. The van der Waals surface area contributed by atoms with E-state index in [0.29, 0.717) is 17.2 Å². The van der Waals surface area contributed by atoms with Crippen molar-refractivity contribution >= 4 is 15.7 Å². The van der Waals surface area contributed by atoms with Crippen LogP contribution >= 0.6 is 0 Å². The highest BCUT2D eigenvalue weighted by Crippen LogP contribution is 2.33. The number of benzene rings is 1. The van der Waals surface area contributed by atoms with Gasteiger partial charge in [-0.05, 0) is 33.6 Å². The maximum absolute atomic E-state index is 11.4. The summed E-state index contributed by atoms with van der Waals surface area (Å²) >= 11 is 0. The molecule has 1 aromatic rings. The summed E-state index contributed by atoms with van der Waals surface area (Å²) in [5.41, 5.74) is 0.0884. The third kappa shape index (κ3) is 5.28. The molecule has 0 amide bonds. The quantitative estimate of drug-likeness (QED) is 0.908. The van der Waals surface area contributed by atoms with E-state index < -0.39 is 10.0 Å². The highest BCUT2D eigenvalue weighted by atomic mass is 32.2. The zero-order valence-corrected chi connectivity index (χ0v) is 13.1. The van der Waals surface area contributed by atoms with E-state index in [2.05, 4.69) is 4.72 Å². The fourth-order valence-corrected chi connectivity index (χ4v) is 2.25. The molecule has 0 radical (unpaired) electrons. The van der Waals surface area contributed by atoms with Gasteiger partial charge >= 0.3 is 0 Å². The van der Waals surface area contributed by atoms with E-state index in [-0.39, 0.29) is 11.7 Å². The van der Waals surface area contributed by atoms with Gasteiger partial charge in [0.15, 0.2) is 0 Å². The molecular weight excluding hydrogens is 278 g/mol. The number of hydrogen-bond acceptors (Lipinski definition) is 4. The van der Waals surface area contributed by atoms with Crippen LogP contribution in [0.5, 0.6) is 11.5 Å². The molecule has 1 fully saturated rings. The van der Waals surface area contributed by atoms with Gasteiger partial charge in [-0.25, -0.2) is 8.42 Å². The first-order valence-electron chi connectivity index (χ1n) is 6.59. The Labute approximate surface area is 120 Å². The largest absolute Gasteiger partial charge is 0.490 e. The summed E-state index contributed by atoms with van der Waals surface area (Å²) in [5.74, 6) is 1.21. The molecule has 0 heterocycles. The summed E-state index contributed by atoms with van der Waals surface area (Å²) < 4.78 is 36.7. The summed E-state index contributed by atoms with van der Waals surface area (Å²) in [7, 11) is -3.33. The smallest absolute Gasteiger partial charge is 0.229 e. The van der Waals surface area contributed by atoms with Crippen LogP contribution in [0.4, 0.5) is 5.69 Å². The Morgan fingerprint density at radius 3 is 2.25 bits per heavy atom. The van der Waals surface area contributed by atoms with E-state index in [1.54, 1.807) is 18.2 Å². The molecule has 1 saturated carbocycles. The van der Waals surface area contributed by atoms with Gasteiger partial charge in [-0.3, -0.25) is 4.72 Å². The first kappa shape index (κ1) is 15.0. The van der Waals surface area contributed by atoms with Gasteiger partial charge in [-0.15, -0.1) is 0 Å². The number of sulfonamides is 1. The lowest BCUT2D eigenvalue weighted by Gasteiger charge is -2.22. The maximum Gasteiger partial charge on any atom is 0.229 e. The first-order chi connectivity index (χ1) is 9.11. The highest BCUT2D eigenvalue weighted by molar-refractivity contribution is 7.92. The average molecular weight is 299 g/mol. The van der Waals surface area contributed by atoms with Crippen molar-refractivity contribution in [3.8, 4) is 11.5 Å². The predicted molar refractivity (Wildman–Crippen MR) is 78.9 cm³/mol. The van der Waals surface area contributed by atoms with Crippen LogP contribution in [0.15, 0.2) is 18.2 Å². The molecule has 0 unspecified atom stereocenters. The SMILES string of the molecule is CC(C)(C)Oc1cc(NS(C)(=O)=O)cc(OC2CC2)c1. The predicted octanol–water partition coefficient (Wildman–Crippen LogP) is 2.78. The molecule has 0 spiro atoms. The lowest BCUT2D eigenvalue weighted by molar-refractivity contribution is 0.130. The van der Waals surface area contributed by atoms with E-state index in [1.807, 2.05) is 20.8 Å². The molecule has 6 heteroatoms. The van der Waals surface area contributed by atoms with Gasteiger partial charge in [-0.2, -0.15) is 0 Å². The van der Waals surface area contributed by atoms with Gasteiger partial charge in [0.25, 0.3) is 0 Å². The molecular formula is C14H21NO4S. The molecule has 112 valence electrons. The van der Waals surface area contributed by atoms with Crippen LogP contribution in [0.2, 0.25) is 0 Å². The zero-order chi connectivity index (χ0) is 15.0. The summed E-state index contributed by atoms with van der Waals surface area (Å²) in [5, 5.41) is 0. The molecule has 1 N–H and O–H groups in total. The number of ether oxygens (including phenoxy) is 2. The topological polar surface area (TPSA) is 64.6 Å². The fraction of sp³-hybridized carbons (Fsp3) is 0.571. The Morgan fingerprint density at radius 1 is 1.15 bits per heavy atom. The second kappa shape index (κ2) is 5.16. The Kier molecular flexibility index (Phi) is 3.86. The molecule has 5 nitrogen and oxygen atoms in total. The summed E-state index contributed by atoms with van der Waals surface area (Å²) in [4.78, 5) is 0. The number of rotatable bonds is 5. The van der Waals surface area contributed by atoms with Crippen molar-refractivity contribution in [1.82, 2.24) is 0 Å². The molecule has 1 aliphatic rings. The Morgan fingerprint density at radius 2 is 1.75 bits per heavy atom. The van der Waals surface area contributed by atoms with E-state index in [0.717, 1.165) is 19.1 Å². The molecule has 0 aliphatic heterocycles. The van der Waals surface area contributed by atoms with Gasteiger partial charge in [-0.1, -0.05) is 0 Å². The van der Waals surface area contributed by atoms with Crippen LogP contribution in [0.25, 0.3) is 0 Å². The normalized spacial score (nSPS) is 15.8. The van der Waals surface area contributed by atoms with E-state index in [1.165, 1.54) is 0 Å². The second-order valence-corrected chi connectivity index (χ2v) is 7.85. The Balaban J connectivity index is 2.27. The van der Waals surface area contributed by atoms with Gasteiger partial charge in [0.1, 0.15) is 17.1 Å². The third-order valence-corrected chi connectivity index (χ3v) is 3.04. The van der Waals surface area contributed by atoms with Crippen LogP contribution in [0, 0.1) is 0 Å². The van der Waals surface area contributed by atoms with Crippen molar-refractivity contribution in [1.29, 1.82) is 0 Å². The molecule has 1 aliphatic carbocycles. The standard InChI is InChI=1S/C14H21NO4S/c1-14(2,3)19-13-8-10(15-20(4,16)17)7-12(9-13)18-11-5-6-11/h7-9,11,15H,5-6H2,1-4H3. The summed E-state index contributed by atoms with van der Waals surface area (Å²) in [6, 6.07) is 5.12. The molecule has 0 atom stereocenters. The minimum atomic E-state index is -3.33. The van der Waals surface area contributed by atoms with Crippen LogP contribution < -0.4 is 14.2 Å². The number of hydrogen-bond donors (Lipinski definition) is 1. The van der Waals surface area contributed by atoms with Crippen LogP contribution in [0.3, 0.4) is 0 Å². The summed E-state index contributed by atoms with van der Waals surface area (Å²) in [6.07, 6.45) is 3.44. The lowest BCUT2D eigenvalue weighted by atomic mass is 10.2. The Hall–Kier alpha value is -1.43. The van der Waals surface area contributed by atoms with E-state index in [9.17, 15) is 8.42 Å².